The summed E-state index contributed by atoms with van der Waals surface area (Å²) >= 11 is 0. The molecular weight excluding hydrogens is 266 g/mol. The van der Waals surface area contributed by atoms with Crippen LogP contribution in [0.25, 0.3) is 0 Å². The van der Waals surface area contributed by atoms with E-state index < -0.39 is 0 Å². The van der Waals surface area contributed by atoms with Gasteiger partial charge in [-0.05, 0) is 54.7 Å². The molecular formula is C21H35N. The Kier molecular flexibility index (Phi) is 4.78. The summed E-state index contributed by atoms with van der Waals surface area (Å²) in [6.45, 7) is 20.3. The van der Waals surface area contributed by atoms with Gasteiger partial charge in [-0.25, -0.2) is 0 Å². The fourth-order valence-electron chi connectivity index (χ4n) is 4.67. The normalized spacial score (nSPS) is 20.1. The van der Waals surface area contributed by atoms with E-state index in [1.165, 1.54) is 37.1 Å². The highest BCUT2D eigenvalue weighted by Crippen LogP contribution is 2.57. The molecule has 1 heteroatoms. The van der Waals surface area contributed by atoms with Crippen molar-refractivity contribution in [3.05, 3.63) is 35.4 Å². The Morgan fingerprint density at radius 3 is 1.73 bits per heavy atom. The molecule has 2 rings (SSSR count). The minimum atomic E-state index is 0.362. The van der Waals surface area contributed by atoms with Crippen molar-refractivity contribution >= 4 is 0 Å². The Morgan fingerprint density at radius 1 is 0.864 bits per heavy atom. The van der Waals surface area contributed by atoms with Crippen molar-refractivity contribution in [3.8, 4) is 0 Å². The average molecular weight is 302 g/mol. The van der Waals surface area contributed by atoms with Crippen LogP contribution in [0.1, 0.15) is 65.5 Å². The Morgan fingerprint density at radius 2 is 1.32 bits per heavy atom. The highest BCUT2D eigenvalue weighted by atomic mass is 15.1. The minimum Gasteiger partial charge on any atom is -0.299 e. The van der Waals surface area contributed by atoms with Crippen molar-refractivity contribution < 1.29 is 0 Å². The van der Waals surface area contributed by atoms with Gasteiger partial charge in [-0.3, -0.25) is 4.90 Å². The summed E-state index contributed by atoms with van der Waals surface area (Å²) < 4.78 is 0. The molecule has 22 heavy (non-hydrogen) atoms. The molecule has 124 valence electrons. The van der Waals surface area contributed by atoms with Gasteiger partial charge in [0.05, 0.1) is 0 Å². The van der Waals surface area contributed by atoms with E-state index in [2.05, 4.69) is 77.6 Å². The predicted molar refractivity (Wildman–Crippen MR) is 97.0 cm³/mol. The van der Waals surface area contributed by atoms with Gasteiger partial charge in [0, 0.05) is 6.54 Å². The molecule has 0 N–H and O–H groups in total. The van der Waals surface area contributed by atoms with E-state index in [1.54, 1.807) is 0 Å². The van der Waals surface area contributed by atoms with Gasteiger partial charge in [0.25, 0.3) is 0 Å². The highest BCUT2D eigenvalue weighted by molar-refractivity contribution is 5.21. The Bertz CT molecular complexity index is 460. The minimum absolute atomic E-state index is 0.362. The molecule has 1 fully saturated rings. The van der Waals surface area contributed by atoms with Crippen LogP contribution < -0.4 is 0 Å². The van der Waals surface area contributed by atoms with Crippen LogP contribution in [0, 0.1) is 23.2 Å². The highest BCUT2D eigenvalue weighted by Gasteiger charge is 2.51. The van der Waals surface area contributed by atoms with Crippen molar-refractivity contribution in [1.82, 2.24) is 4.90 Å². The van der Waals surface area contributed by atoms with Gasteiger partial charge in [-0.2, -0.15) is 0 Å². The fourth-order valence-corrected chi connectivity index (χ4v) is 4.67. The average Bonchev–Trinajstić information content (AvgIpc) is 2.39. The molecule has 1 saturated heterocycles. The molecule has 0 amide bonds. The van der Waals surface area contributed by atoms with Crippen LogP contribution >= 0.6 is 0 Å². The number of hydrogen-bond donors (Lipinski definition) is 0. The molecule has 1 heterocycles. The van der Waals surface area contributed by atoms with Gasteiger partial charge in [-0.15, -0.1) is 0 Å². The predicted octanol–water partition coefficient (Wildman–Crippen LogP) is 5.67. The molecule has 0 aliphatic carbocycles. The lowest BCUT2D eigenvalue weighted by atomic mass is 9.50. The number of likely N-dealkylation sites (tertiary alicyclic amines) is 1. The maximum atomic E-state index is 2.64. The number of hydrogen-bond acceptors (Lipinski definition) is 1. The third kappa shape index (κ3) is 3.40. The van der Waals surface area contributed by atoms with Crippen molar-refractivity contribution in [3.63, 3.8) is 0 Å². The molecule has 0 atom stereocenters. The van der Waals surface area contributed by atoms with Crippen LogP contribution in [0.15, 0.2) is 24.3 Å². The molecule has 0 spiro atoms. The van der Waals surface area contributed by atoms with Gasteiger partial charge >= 0.3 is 0 Å². The van der Waals surface area contributed by atoms with Crippen molar-refractivity contribution in [1.29, 1.82) is 0 Å². The standard InChI is InChI=1S/C21H35N/c1-17-8-10-18(11-9-17)16-22-14-12-21(13-15-22,19(2,3)4)20(5,6)7/h8-11H,12-16H2,1-7H3. The van der Waals surface area contributed by atoms with E-state index >= 15 is 0 Å². The van der Waals surface area contributed by atoms with Crippen LogP contribution in [0.2, 0.25) is 0 Å². The van der Waals surface area contributed by atoms with Crippen LogP contribution in [-0.2, 0) is 6.54 Å². The van der Waals surface area contributed by atoms with E-state index in [0.717, 1.165) is 6.54 Å². The second kappa shape index (κ2) is 6.00. The summed E-state index contributed by atoms with van der Waals surface area (Å²) in [6, 6.07) is 9.02. The van der Waals surface area contributed by atoms with E-state index in [-0.39, 0.29) is 0 Å². The lowest BCUT2D eigenvalue weighted by Crippen LogP contribution is -2.53. The monoisotopic (exact) mass is 301 g/mol. The van der Waals surface area contributed by atoms with Crippen molar-refractivity contribution in [2.45, 2.75) is 67.9 Å². The molecule has 1 aliphatic heterocycles. The summed E-state index contributed by atoms with van der Waals surface area (Å²) in [5.41, 5.74) is 3.96. The molecule has 0 aromatic heterocycles. The van der Waals surface area contributed by atoms with Crippen LogP contribution in [0.3, 0.4) is 0 Å². The number of rotatable bonds is 2. The molecule has 1 nitrogen and oxygen atoms in total. The molecule has 1 aliphatic rings. The zero-order chi connectivity index (χ0) is 16.6. The SMILES string of the molecule is Cc1ccc(CN2CCC(C(C)(C)C)(C(C)(C)C)CC2)cc1. The summed E-state index contributed by atoms with van der Waals surface area (Å²) in [5.74, 6) is 0. The smallest absolute Gasteiger partial charge is 0.0233 e. The summed E-state index contributed by atoms with van der Waals surface area (Å²) in [7, 11) is 0. The molecule has 1 aromatic carbocycles. The van der Waals surface area contributed by atoms with E-state index in [9.17, 15) is 0 Å². The first-order chi connectivity index (χ1) is 10.1. The maximum Gasteiger partial charge on any atom is 0.0233 e. The largest absolute Gasteiger partial charge is 0.299 e. The zero-order valence-electron chi connectivity index (χ0n) is 15.8. The Labute approximate surface area is 138 Å². The first kappa shape index (κ1) is 17.5. The third-order valence-corrected chi connectivity index (χ3v) is 6.11. The van der Waals surface area contributed by atoms with Gasteiger partial charge < -0.3 is 0 Å². The first-order valence-electron chi connectivity index (χ1n) is 8.83. The topological polar surface area (TPSA) is 3.24 Å². The first-order valence-corrected chi connectivity index (χ1v) is 8.83. The molecule has 0 radical (unpaired) electrons. The second-order valence-electron chi connectivity index (χ2n) is 9.34. The zero-order valence-corrected chi connectivity index (χ0v) is 15.8. The summed E-state index contributed by atoms with van der Waals surface area (Å²) in [4.78, 5) is 2.64. The van der Waals surface area contributed by atoms with E-state index in [1.807, 2.05) is 0 Å². The van der Waals surface area contributed by atoms with Crippen molar-refractivity contribution in [2.24, 2.45) is 16.2 Å². The van der Waals surface area contributed by atoms with Gasteiger partial charge in [0.2, 0.25) is 0 Å². The lowest BCUT2D eigenvalue weighted by molar-refractivity contribution is -0.0828. The van der Waals surface area contributed by atoms with Gasteiger partial charge in [0.1, 0.15) is 0 Å². The van der Waals surface area contributed by atoms with Crippen LogP contribution in [0.5, 0.6) is 0 Å². The summed E-state index contributed by atoms with van der Waals surface area (Å²) in [6.07, 6.45) is 2.62. The second-order valence-corrected chi connectivity index (χ2v) is 9.34. The number of benzene rings is 1. The Hall–Kier alpha value is -0.820. The molecule has 1 aromatic rings. The quantitative estimate of drug-likeness (QED) is 0.680. The van der Waals surface area contributed by atoms with E-state index in [0.29, 0.717) is 16.2 Å². The molecule has 0 bridgehead atoms. The van der Waals surface area contributed by atoms with Crippen LogP contribution in [-0.4, -0.2) is 18.0 Å². The fraction of sp³-hybridized carbons (Fsp3) is 0.714. The molecule has 0 unspecified atom stereocenters. The number of aryl methyl sites for hydroxylation is 1. The van der Waals surface area contributed by atoms with Gasteiger partial charge in [-0.1, -0.05) is 71.4 Å². The molecule has 0 saturated carbocycles. The third-order valence-electron chi connectivity index (χ3n) is 6.11. The van der Waals surface area contributed by atoms with Crippen LogP contribution in [0.4, 0.5) is 0 Å². The number of piperidine rings is 1. The maximum absolute atomic E-state index is 2.64. The van der Waals surface area contributed by atoms with Crippen molar-refractivity contribution in [2.75, 3.05) is 13.1 Å². The van der Waals surface area contributed by atoms with Gasteiger partial charge in [0.15, 0.2) is 0 Å². The Balaban J connectivity index is 2.06. The summed E-state index contributed by atoms with van der Waals surface area (Å²) in [5, 5.41) is 0. The van der Waals surface area contributed by atoms with E-state index in [4.69, 9.17) is 0 Å². The number of nitrogens with zero attached hydrogens (tertiary/aromatic N) is 1. The lowest BCUT2D eigenvalue weighted by Gasteiger charge is -2.57.